The molecule has 2 nitrogen and oxygen atoms in total. The van der Waals surface area contributed by atoms with Crippen LogP contribution in [0.15, 0.2) is 24.5 Å². The molecule has 1 unspecified atom stereocenters. The van der Waals surface area contributed by atoms with E-state index < -0.39 is 0 Å². The molecular weight excluding hydrogens is 150 g/mol. The Morgan fingerprint density at radius 1 is 1.50 bits per heavy atom. The molecule has 1 fully saturated rings. The van der Waals surface area contributed by atoms with Crippen LogP contribution in [-0.2, 0) is 4.79 Å². The lowest BCUT2D eigenvalue weighted by Gasteiger charge is -2.05. The van der Waals surface area contributed by atoms with Crippen molar-refractivity contribution in [3.63, 3.8) is 0 Å². The molecule has 0 aromatic carbocycles. The smallest absolute Gasteiger partial charge is 0.140 e. The summed E-state index contributed by atoms with van der Waals surface area (Å²) in [6, 6.07) is 3.88. The molecule has 0 N–H and O–H groups in total. The number of Topliss-reactive ketones (excluding diaryl/α,β-unsaturated/α-hetero) is 1. The van der Waals surface area contributed by atoms with Crippen molar-refractivity contribution in [2.45, 2.75) is 25.2 Å². The van der Waals surface area contributed by atoms with E-state index in [2.05, 4.69) is 4.98 Å². The van der Waals surface area contributed by atoms with E-state index in [0.29, 0.717) is 5.78 Å². The highest BCUT2D eigenvalue weighted by Gasteiger charge is 2.25. The van der Waals surface area contributed by atoms with Gasteiger partial charge in [0.25, 0.3) is 0 Å². The molecule has 0 saturated heterocycles. The molecule has 62 valence electrons. The molecule has 2 heteroatoms. The van der Waals surface area contributed by atoms with Gasteiger partial charge in [-0.2, -0.15) is 0 Å². The minimum absolute atomic E-state index is 0.138. The van der Waals surface area contributed by atoms with Gasteiger partial charge < -0.3 is 0 Å². The van der Waals surface area contributed by atoms with E-state index in [1.54, 1.807) is 12.4 Å². The van der Waals surface area contributed by atoms with Gasteiger partial charge in [-0.3, -0.25) is 9.78 Å². The molecule has 2 rings (SSSR count). The fraction of sp³-hybridized carbons (Fsp3) is 0.400. The highest BCUT2D eigenvalue weighted by atomic mass is 16.1. The maximum absolute atomic E-state index is 11.3. The van der Waals surface area contributed by atoms with Crippen molar-refractivity contribution in [3.8, 4) is 0 Å². The van der Waals surface area contributed by atoms with E-state index in [1.165, 1.54) is 0 Å². The summed E-state index contributed by atoms with van der Waals surface area (Å²) in [5.74, 6) is 0.515. The van der Waals surface area contributed by atoms with Gasteiger partial charge >= 0.3 is 0 Å². The lowest BCUT2D eigenvalue weighted by molar-refractivity contribution is -0.118. The van der Waals surface area contributed by atoms with Gasteiger partial charge in [0.15, 0.2) is 0 Å². The van der Waals surface area contributed by atoms with Gasteiger partial charge in [-0.05, 0) is 24.5 Å². The highest BCUT2D eigenvalue weighted by molar-refractivity contribution is 5.87. The molecular formula is C10H11NO. The van der Waals surface area contributed by atoms with Crippen LogP contribution in [0.4, 0.5) is 0 Å². The van der Waals surface area contributed by atoms with Gasteiger partial charge in [0.2, 0.25) is 0 Å². The second-order valence-electron chi connectivity index (χ2n) is 3.20. The Hall–Kier alpha value is -1.18. The van der Waals surface area contributed by atoms with E-state index in [9.17, 15) is 4.79 Å². The standard InChI is InChI=1S/C10H11NO/c12-10-5-1-4-9(10)8-3-2-6-11-7-8/h2-3,6-7,9H,1,4-5H2. The zero-order chi connectivity index (χ0) is 8.39. The molecule has 1 aliphatic rings. The predicted octanol–water partition coefficient (Wildman–Crippen LogP) is 1.92. The van der Waals surface area contributed by atoms with Gasteiger partial charge in [-0.1, -0.05) is 6.07 Å². The van der Waals surface area contributed by atoms with Crippen LogP contribution in [0, 0.1) is 0 Å². The number of ketones is 1. The average molecular weight is 161 g/mol. The first-order chi connectivity index (χ1) is 5.88. The largest absolute Gasteiger partial charge is 0.299 e. The molecule has 1 aromatic rings. The quantitative estimate of drug-likeness (QED) is 0.629. The number of hydrogen-bond donors (Lipinski definition) is 0. The Balaban J connectivity index is 2.25. The number of nitrogens with zero attached hydrogens (tertiary/aromatic N) is 1. The molecule has 0 aliphatic heterocycles. The fourth-order valence-electron chi connectivity index (χ4n) is 1.75. The molecule has 12 heavy (non-hydrogen) atoms. The Morgan fingerprint density at radius 3 is 3.00 bits per heavy atom. The highest BCUT2D eigenvalue weighted by Crippen LogP contribution is 2.30. The van der Waals surface area contributed by atoms with Gasteiger partial charge in [0.1, 0.15) is 5.78 Å². The van der Waals surface area contributed by atoms with Crippen LogP contribution < -0.4 is 0 Å². The van der Waals surface area contributed by atoms with Gasteiger partial charge in [-0.25, -0.2) is 0 Å². The van der Waals surface area contributed by atoms with Crippen molar-refractivity contribution < 1.29 is 4.79 Å². The number of carbonyl (C=O) groups is 1. The Morgan fingerprint density at radius 2 is 2.42 bits per heavy atom. The average Bonchev–Trinajstić information content (AvgIpc) is 2.53. The first-order valence-corrected chi connectivity index (χ1v) is 4.30. The molecule has 0 spiro atoms. The third-order valence-corrected chi connectivity index (χ3v) is 2.39. The molecule has 1 aliphatic carbocycles. The lowest BCUT2D eigenvalue weighted by Crippen LogP contribution is -2.03. The van der Waals surface area contributed by atoms with E-state index >= 15 is 0 Å². The van der Waals surface area contributed by atoms with Crippen LogP contribution in [0.2, 0.25) is 0 Å². The summed E-state index contributed by atoms with van der Waals surface area (Å²) in [6.45, 7) is 0. The monoisotopic (exact) mass is 161 g/mol. The van der Waals surface area contributed by atoms with Crippen LogP contribution in [0.1, 0.15) is 30.7 Å². The van der Waals surface area contributed by atoms with Crippen molar-refractivity contribution in [2.24, 2.45) is 0 Å². The van der Waals surface area contributed by atoms with E-state index in [0.717, 1.165) is 24.8 Å². The molecule has 1 atom stereocenters. The topological polar surface area (TPSA) is 30.0 Å². The Kier molecular flexibility index (Phi) is 1.90. The Bertz CT molecular complexity index is 281. The number of pyridine rings is 1. The summed E-state index contributed by atoms with van der Waals surface area (Å²) in [5.41, 5.74) is 1.08. The van der Waals surface area contributed by atoms with Gasteiger partial charge in [0, 0.05) is 24.7 Å². The summed E-state index contributed by atoms with van der Waals surface area (Å²) < 4.78 is 0. The third-order valence-electron chi connectivity index (χ3n) is 2.39. The van der Waals surface area contributed by atoms with Crippen LogP contribution >= 0.6 is 0 Å². The Labute approximate surface area is 71.6 Å². The van der Waals surface area contributed by atoms with Gasteiger partial charge in [0.05, 0.1) is 0 Å². The van der Waals surface area contributed by atoms with Crippen LogP contribution in [0.5, 0.6) is 0 Å². The van der Waals surface area contributed by atoms with E-state index in [1.807, 2.05) is 12.1 Å². The second kappa shape index (κ2) is 3.05. The van der Waals surface area contributed by atoms with Crippen molar-refractivity contribution >= 4 is 5.78 Å². The van der Waals surface area contributed by atoms with E-state index in [-0.39, 0.29) is 5.92 Å². The number of rotatable bonds is 1. The fourth-order valence-corrected chi connectivity index (χ4v) is 1.75. The van der Waals surface area contributed by atoms with Crippen LogP contribution in [0.3, 0.4) is 0 Å². The number of hydrogen-bond acceptors (Lipinski definition) is 2. The summed E-state index contributed by atoms with van der Waals surface area (Å²) in [5, 5.41) is 0. The van der Waals surface area contributed by atoms with Crippen molar-refractivity contribution in [2.75, 3.05) is 0 Å². The normalized spacial score (nSPS) is 23.0. The molecule has 0 amide bonds. The zero-order valence-electron chi connectivity index (χ0n) is 6.86. The SMILES string of the molecule is O=C1CCCC1c1cccnc1. The molecule has 1 heterocycles. The third kappa shape index (κ3) is 1.24. The van der Waals surface area contributed by atoms with Crippen molar-refractivity contribution in [1.29, 1.82) is 0 Å². The summed E-state index contributed by atoms with van der Waals surface area (Å²) in [7, 11) is 0. The first kappa shape index (κ1) is 7.47. The molecule has 0 radical (unpaired) electrons. The second-order valence-corrected chi connectivity index (χ2v) is 3.20. The van der Waals surface area contributed by atoms with Gasteiger partial charge in [-0.15, -0.1) is 0 Å². The maximum atomic E-state index is 11.3. The van der Waals surface area contributed by atoms with Crippen LogP contribution in [-0.4, -0.2) is 10.8 Å². The maximum Gasteiger partial charge on any atom is 0.140 e. The minimum Gasteiger partial charge on any atom is -0.299 e. The molecule has 1 saturated carbocycles. The predicted molar refractivity (Wildman–Crippen MR) is 45.8 cm³/mol. The van der Waals surface area contributed by atoms with Crippen LogP contribution in [0.25, 0.3) is 0 Å². The zero-order valence-corrected chi connectivity index (χ0v) is 6.86. The summed E-state index contributed by atoms with van der Waals surface area (Å²) >= 11 is 0. The summed E-state index contributed by atoms with van der Waals surface area (Å²) in [4.78, 5) is 15.4. The van der Waals surface area contributed by atoms with Crippen molar-refractivity contribution in [3.05, 3.63) is 30.1 Å². The lowest BCUT2D eigenvalue weighted by atomic mass is 9.99. The molecule has 1 aromatic heterocycles. The van der Waals surface area contributed by atoms with Crippen molar-refractivity contribution in [1.82, 2.24) is 4.98 Å². The molecule has 0 bridgehead atoms. The number of aromatic nitrogens is 1. The summed E-state index contributed by atoms with van der Waals surface area (Å²) in [6.07, 6.45) is 6.33. The van der Waals surface area contributed by atoms with E-state index in [4.69, 9.17) is 0 Å². The number of carbonyl (C=O) groups excluding carboxylic acids is 1. The first-order valence-electron chi connectivity index (χ1n) is 4.30. The minimum atomic E-state index is 0.138.